The predicted octanol–water partition coefficient (Wildman–Crippen LogP) is 2.95. The number of hydrogen-bond acceptors (Lipinski definition) is 2. The van der Waals surface area contributed by atoms with Gasteiger partial charge in [-0.2, -0.15) is 0 Å². The molecule has 0 spiro atoms. The van der Waals surface area contributed by atoms with Crippen molar-refractivity contribution < 1.29 is 4.55 Å². The van der Waals surface area contributed by atoms with Gasteiger partial charge in [-0.1, -0.05) is 19.3 Å². The molecule has 0 atom stereocenters. The van der Waals surface area contributed by atoms with Gasteiger partial charge in [0.05, 0.1) is 0 Å². The predicted molar refractivity (Wildman–Crippen MR) is 44.3 cm³/mol. The summed E-state index contributed by atoms with van der Waals surface area (Å²) in [5.41, 5.74) is 0. The summed E-state index contributed by atoms with van der Waals surface area (Å²) in [5.74, 6) is 0. The summed E-state index contributed by atoms with van der Waals surface area (Å²) in [7, 11) is 0. The molecule has 1 fully saturated rings. The standard InChI is InChI=1S/C6H12OS.ClH/c7-8-6-4-2-1-3-5-6;/h6-7H,1-5H2;1H. The van der Waals surface area contributed by atoms with Crippen LogP contribution in [-0.4, -0.2) is 9.80 Å². The molecule has 0 aromatic carbocycles. The molecule has 0 radical (unpaired) electrons. The lowest BCUT2D eigenvalue weighted by molar-refractivity contribution is 0.500. The third-order valence-corrected chi connectivity index (χ3v) is 2.47. The van der Waals surface area contributed by atoms with Crippen LogP contribution in [0.1, 0.15) is 32.1 Å². The molecule has 0 heterocycles. The smallest absolute Gasteiger partial charge is 0.0308 e. The first-order valence-electron chi connectivity index (χ1n) is 3.23. The van der Waals surface area contributed by atoms with E-state index in [9.17, 15) is 0 Å². The Morgan fingerprint density at radius 2 is 1.67 bits per heavy atom. The van der Waals surface area contributed by atoms with E-state index in [2.05, 4.69) is 0 Å². The molecule has 0 aliphatic heterocycles. The van der Waals surface area contributed by atoms with Gasteiger partial charge in [-0.25, -0.2) is 0 Å². The quantitative estimate of drug-likeness (QED) is 0.608. The molecule has 1 N–H and O–H groups in total. The minimum Gasteiger partial charge on any atom is -0.330 e. The topological polar surface area (TPSA) is 20.2 Å². The van der Waals surface area contributed by atoms with Gasteiger partial charge in [0.25, 0.3) is 0 Å². The molecule has 3 heteroatoms. The molecule has 0 aromatic heterocycles. The zero-order valence-electron chi connectivity index (χ0n) is 5.38. The number of rotatable bonds is 1. The highest BCUT2D eigenvalue weighted by atomic mass is 35.5. The summed E-state index contributed by atoms with van der Waals surface area (Å²) in [6.45, 7) is 0. The van der Waals surface area contributed by atoms with Crippen LogP contribution >= 0.6 is 24.4 Å². The Labute approximate surface area is 66.8 Å². The first kappa shape index (κ1) is 9.60. The Bertz CT molecular complexity index is 64.1. The highest BCUT2D eigenvalue weighted by molar-refractivity contribution is 7.94. The largest absolute Gasteiger partial charge is 0.330 e. The third-order valence-electron chi connectivity index (χ3n) is 1.70. The van der Waals surface area contributed by atoms with E-state index >= 15 is 0 Å². The van der Waals surface area contributed by atoms with Crippen molar-refractivity contribution in [3.05, 3.63) is 0 Å². The van der Waals surface area contributed by atoms with Gasteiger partial charge in [-0.3, -0.25) is 0 Å². The maximum atomic E-state index is 8.61. The molecule has 1 aliphatic carbocycles. The summed E-state index contributed by atoms with van der Waals surface area (Å²) in [6, 6.07) is 0. The fourth-order valence-electron chi connectivity index (χ4n) is 1.17. The van der Waals surface area contributed by atoms with Gasteiger partial charge in [0.15, 0.2) is 0 Å². The maximum absolute atomic E-state index is 8.61. The summed E-state index contributed by atoms with van der Waals surface area (Å²) in [6.07, 6.45) is 6.45. The van der Waals surface area contributed by atoms with Crippen molar-refractivity contribution in [2.24, 2.45) is 0 Å². The molecule has 0 saturated heterocycles. The van der Waals surface area contributed by atoms with Crippen molar-refractivity contribution in [1.82, 2.24) is 0 Å². The fourth-order valence-corrected chi connectivity index (χ4v) is 1.71. The van der Waals surface area contributed by atoms with Crippen molar-refractivity contribution in [1.29, 1.82) is 0 Å². The Balaban J connectivity index is 0.000000640. The highest BCUT2D eigenvalue weighted by Crippen LogP contribution is 2.25. The zero-order chi connectivity index (χ0) is 5.82. The summed E-state index contributed by atoms with van der Waals surface area (Å²) >= 11 is 1.05. The van der Waals surface area contributed by atoms with Crippen LogP contribution in [0.4, 0.5) is 0 Å². The second-order valence-corrected chi connectivity index (χ2v) is 3.24. The SMILES string of the molecule is Cl.OSC1CCCCC1. The van der Waals surface area contributed by atoms with Gasteiger partial charge >= 0.3 is 0 Å². The molecule has 1 aliphatic rings. The van der Waals surface area contributed by atoms with Crippen LogP contribution in [-0.2, 0) is 0 Å². The molecule has 0 aromatic rings. The summed E-state index contributed by atoms with van der Waals surface area (Å²) < 4.78 is 8.61. The first-order chi connectivity index (χ1) is 3.93. The molecular formula is C6H13ClOS. The Morgan fingerprint density at radius 3 is 2.00 bits per heavy atom. The van der Waals surface area contributed by atoms with Gasteiger partial charge in [-0.15, -0.1) is 12.4 Å². The van der Waals surface area contributed by atoms with Gasteiger partial charge in [0, 0.05) is 5.25 Å². The van der Waals surface area contributed by atoms with Crippen molar-refractivity contribution in [3.63, 3.8) is 0 Å². The second-order valence-electron chi connectivity index (χ2n) is 2.37. The van der Waals surface area contributed by atoms with Crippen molar-refractivity contribution >= 4 is 24.4 Å². The molecule has 0 unspecified atom stereocenters. The third kappa shape index (κ3) is 3.33. The fraction of sp³-hybridized carbons (Fsp3) is 1.00. The monoisotopic (exact) mass is 168 g/mol. The van der Waals surface area contributed by atoms with Crippen molar-refractivity contribution in [2.45, 2.75) is 37.4 Å². The van der Waals surface area contributed by atoms with E-state index in [1.807, 2.05) is 0 Å². The van der Waals surface area contributed by atoms with Crippen LogP contribution < -0.4 is 0 Å². The van der Waals surface area contributed by atoms with Gasteiger partial charge < -0.3 is 4.55 Å². The molecule has 1 nitrogen and oxygen atoms in total. The second kappa shape index (κ2) is 5.39. The zero-order valence-corrected chi connectivity index (χ0v) is 7.01. The van der Waals surface area contributed by atoms with E-state index in [0.717, 1.165) is 12.0 Å². The van der Waals surface area contributed by atoms with Gasteiger partial charge in [0.1, 0.15) is 0 Å². The molecule has 0 amide bonds. The van der Waals surface area contributed by atoms with Crippen LogP contribution in [0.2, 0.25) is 0 Å². The average molecular weight is 169 g/mol. The Kier molecular flexibility index (Phi) is 5.75. The van der Waals surface area contributed by atoms with E-state index in [1.165, 1.54) is 32.1 Å². The van der Waals surface area contributed by atoms with E-state index in [1.54, 1.807) is 0 Å². The normalized spacial score (nSPS) is 21.0. The van der Waals surface area contributed by atoms with Gasteiger partial charge in [-0.05, 0) is 24.9 Å². The van der Waals surface area contributed by atoms with Crippen LogP contribution in [0.3, 0.4) is 0 Å². The summed E-state index contributed by atoms with van der Waals surface area (Å²) in [4.78, 5) is 0. The minimum atomic E-state index is 0. The molecule has 1 rings (SSSR count). The lowest BCUT2D eigenvalue weighted by Crippen LogP contribution is -2.06. The molecule has 9 heavy (non-hydrogen) atoms. The Hall–Kier alpha value is 0.600. The van der Waals surface area contributed by atoms with E-state index in [4.69, 9.17) is 4.55 Å². The van der Waals surface area contributed by atoms with E-state index in [0.29, 0.717) is 5.25 Å². The van der Waals surface area contributed by atoms with Crippen LogP contribution in [0.25, 0.3) is 0 Å². The van der Waals surface area contributed by atoms with E-state index < -0.39 is 0 Å². The van der Waals surface area contributed by atoms with Gasteiger partial charge in [0.2, 0.25) is 0 Å². The highest BCUT2D eigenvalue weighted by Gasteiger charge is 2.11. The Morgan fingerprint density at radius 1 is 1.11 bits per heavy atom. The molecule has 1 saturated carbocycles. The molecule has 56 valence electrons. The molecule has 0 bridgehead atoms. The van der Waals surface area contributed by atoms with Crippen molar-refractivity contribution in [3.8, 4) is 0 Å². The van der Waals surface area contributed by atoms with Crippen LogP contribution in [0.15, 0.2) is 0 Å². The lowest BCUT2D eigenvalue weighted by atomic mass is 10.0. The lowest BCUT2D eigenvalue weighted by Gasteiger charge is -2.16. The number of halogens is 1. The first-order valence-corrected chi connectivity index (χ1v) is 4.07. The molecular weight excluding hydrogens is 156 g/mol. The van der Waals surface area contributed by atoms with Crippen LogP contribution in [0, 0.1) is 0 Å². The van der Waals surface area contributed by atoms with Crippen LogP contribution in [0.5, 0.6) is 0 Å². The summed E-state index contributed by atoms with van der Waals surface area (Å²) in [5, 5.41) is 0.559. The maximum Gasteiger partial charge on any atom is 0.0308 e. The number of hydrogen-bond donors (Lipinski definition) is 1. The minimum absolute atomic E-state index is 0. The average Bonchev–Trinajstić information content (AvgIpc) is 1.90. The van der Waals surface area contributed by atoms with Crippen molar-refractivity contribution in [2.75, 3.05) is 0 Å². The van der Waals surface area contributed by atoms with E-state index in [-0.39, 0.29) is 12.4 Å².